The molecule has 0 bridgehead atoms. The van der Waals surface area contributed by atoms with Gasteiger partial charge in [-0.2, -0.15) is 0 Å². The third-order valence-electron chi connectivity index (χ3n) is 3.42. The highest BCUT2D eigenvalue weighted by Gasteiger charge is 2.26. The molecule has 0 radical (unpaired) electrons. The maximum absolute atomic E-state index is 12.5. The molecule has 0 saturated carbocycles. The maximum Gasteiger partial charge on any atom is 0.253 e. The van der Waals surface area contributed by atoms with Crippen LogP contribution in [-0.4, -0.2) is 43.7 Å². The quantitative estimate of drug-likeness (QED) is 0.822. The van der Waals surface area contributed by atoms with E-state index in [0.29, 0.717) is 18.7 Å². The lowest BCUT2D eigenvalue weighted by Gasteiger charge is -2.16. The van der Waals surface area contributed by atoms with Gasteiger partial charge >= 0.3 is 0 Å². The molecule has 106 valence electrons. The van der Waals surface area contributed by atoms with E-state index in [1.165, 1.54) is 0 Å². The fourth-order valence-electron chi connectivity index (χ4n) is 2.42. The molecule has 1 amide bonds. The summed E-state index contributed by atoms with van der Waals surface area (Å²) in [4.78, 5) is 14.3. The van der Waals surface area contributed by atoms with Crippen LogP contribution < -0.4 is 5.73 Å². The van der Waals surface area contributed by atoms with Gasteiger partial charge in [-0.05, 0) is 37.1 Å². The first-order chi connectivity index (χ1) is 9.63. The van der Waals surface area contributed by atoms with Crippen LogP contribution in [0.1, 0.15) is 27.9 Å². The molecule has 4 nitrogen and oxygen atoms in total. The Labute approximate surface area is 119 Å². The number of hydrogen-bond donors (Lipinski definition) is 1. The summed E-state index contributed by atoms with van der Waals surface area (Å²) in [6.07, 6.45) is 1.05. The molecule has 0 spiro atoms. The normalized spacial score (nSPS) is 17.8. The molecule has 2 N–H and O–H groups in total. The number of carbonyl (C=O) groups is 1. The maximum atomic E-state index is 12.5. The van der Waals surface area contributed by atoms with Gasteiger partial charge in [0, 0.05) is 31.3 Å². The first kappa shape index (κ1) is 14.6. The van der Waals surface area contributed by atoms with Crippen molar-refractivity contribution < 1.29 is 9.53 Å². The van der Waals surface area contributed by atoms with Gasteiger partial charge in [0.15, 0.2) is 0 Å². The predicted molar refractivity (Wildman–Crippen MR) is 78.4 cm³/mol. The van der Waals surface area contributed by atoms with E-state index in [1.54, 1.807) is 7.11 Å². The van der Waals surface area contributed by atoms with Crippen molar-refractivity contribution in [3.05, 3.63) is 34.9 Å². The zero-order chi connectivity index (χ0) is 14.5. The summed E-state index contributed by atoms with van der Waals surface area (Å²) in [6.45, 7) is 3.69. The number of carbonyl (C=O) groups excluding carboxylic acids is 1. The summed E-state index contributed by atoms with van der Waals surface area (Å²) in [6, 6.07) is 5.69. The smallest absolute Gasteiger partial charge is 0.253 e. The fraction of sp³-hybridized carbons (Fsp3) is 0.438. The molecule has 2 rings (SSSR count). The Balaban J connectivity index is 2.19. The van der Waals surface area contributed by atoms with Crippen LogP contribution in [0.3, 0.4) is 0 Å². The Morgan fingerprint density at radius 3 is 2.95 bits per heavy atom. The SMILES string of the molecule is COC1CCN(C(=O)c2cc(C)cc(C#CCN)c2)C1. The van der Waals surface area contributed by atoms with E-state index in [-0.39, 0.29) is 12.0 Å². The number of methoxy groups -OCH3 is 1. The summed E-state index contributed by atoms with van der Waals surface area (Å²) in [5, 5.41) is 0. The van der Waals surface area contributed by atoms with Gasteiger partial charge in [-0.3, -0.25) is 4.79 Å². The Kier molecular flexibility index (Phi) is 4.78. The largest absolute Gasteiger partial charge is 0.380 e. The van der Waals surface area contributed by atoms with Crippen molar-refractivity contribution in [2.24, 2.45) is 5.73 Å². The molecule has 1 aliphatic heterocycles. The Hall–Kier alpha value is -1.83. The van der Waals surface area contributed by atoms with E-state index in [1.807, 2.05) is 30.0 Å². The van der Waals surface area contributed by atoms with Crippen LogP contribution in [0.25, 0.3) is 0 Å². The van der Waals surface area contributed by atoms with E-state index < -0.39 is 0 Å². The summed E-state index contributed by atoms with van der Waals surface area (Å²) in [7, 11) is 1.69. The topological polar surface area (TPSA) is 55.6 Å². The molecule has 1 unspecified atom stereocenters. The van der Waals surface area contributed by atoms with Gasteiger partial charge in [0.1, 0.15) is 0 Å². The highest BCUT2D eigenvalue weighted by atomic mass is 16.5. The Bertz CT molecular complexity index is 557. The van der Waals surface area contributed by atoms with Crippen LogP contribution in [0.15, 0.2) is 18.2 Å². The second kappa shape index (κ2) is 6.56. The number of amides is 1. The molecule has 1 heterocycles. The van der Waals surface area contributed by atoms with Crippen molar-refractivity contribution in [3.63, 3.8) is 0 Å². The molecular weight excluding hydrogens is 252 g/mol. The molecule has 1 aromatic rings. The van der Waals surface area contributed by atoms with E-state index in [9.17, 15) is 4.79 Å². The second-order valence-corrected chi connectivity index (χ2v) is 4.99. The number of rotatable bonds is 2. The molecule has 20 heavy (non-hydrogen) atoms. The second-order valence-electron chi connectivity index (χ2n) is 4.99. The average Bonchev–Trinajstić information content (AvgIpc) is 2.92. The van der Waals surface area contributed by atoms with E-state index in [0.717, 1.165) is 24.1 Å². The van der Waals surface area contributed by atoms with E-state index >= 15 is 0 Å². The lowest BCUT2D eigenvalue weighted by molar-refractivity contribution is 0.0724. The van der Waals surface area contributed by atoms with Crippen molar-refractivity contribution in [2.45, 2.75) is 19.4 Å². The third kappa shape index (κ3) is 3.38. The molecule has 1 fully saturated rings. The number of ether oxygens (including phenoxy) is 1. The molecule has 0 aromatic heterocycles. The standard InChI is InChI=1S/C16H20N2O2/c1-12-8-13(4-3-6-17)10-14(9-12)16(19)18-7-5-15(11-18)20-2/h8-10,15H,5-7,11,17H2,1-2H3. The average molecular weight is 272 g/mol. The van der Waals surface area contributed by atoms with Crippen LogP contribution in [0.5, 0.6) is 0 Å². The highest BCUT2D eigenvalue weighted by Crippen LogP contribution is 2.17. The van der Waals surface area contributed by atoms with Crippen LogP contribution in [0.2, 0.25) is 0 Å². The van der Waals surface area contributed by atoms with E-state index in [4.69, 9.17) is 10.5 Å². The number of nitrogens with two attached hydrogens (primary N) is 1. The minimum absolute atomic E-state index is 0.0454. The van der Waals surface area contributed by atoms with Crippen molar-refractivity contribution in [2.75, 3.05) is 26.7 Å². The zero-order valence-electron chi connectivity index (χ0n) is 12.0. The molecule has 1 aromatic carbocycles. The Morgan fingerprint density at radius 1 is 1.50 bits per heavy atom. The van der Waals surface area contributed by atoms with Gasteiger partial charge in [-0.25, -0.2) is 0 Å². The number of hydrogen-bond acceptors (Lipinski definition) is 3. The molecule has 1 aliphatic rings. The zero-order valence-corrected chi connectivity index (χ0v) is 12.0. The lowest BCUT2D eigenvalue weighted by atomic mass is 10.1. The minimum Gasteiger partial charge on any atom is -0.380 e. The Morgan fingerprint density at radius 2 is 2.30 bits per heavy atom. The van der Waals surface area contributed by atoms with Gasteiger partial charge in [-0.1, -0.05) is 11.8 Å². The van der Waals surface area contributed by atoms with Crippen molar-refractivity contribution in [1.82, 2.24) is 4.90 Å². The molecule has 1 atom stereocenters. The van der Waals surface area contributed by atoms with Gasteiger partial charge < -0.3 is 15.4 Å². The van der Waals surface area contributed by atoms with Gasteiger partial charge in [0.05, 0.1) is 12.6 Å². The monoisotopic (exact) mass is 272 g/mol. The molecule has 0 aliphatic carbocycles. The minimum atomic E-state index is 0.0454. The number of nitrogens with zero attached hydrogens (tertiary/aromatic N) is 1. The van der Waals surface area contributed by atoms with Crippen molar-refractivity contribution in [3.8, 4) is 11.8 Å². The first-order valence-corrected chi connectivity index (χ1v) is 6.76. The highest BCUT2D eigenvalue weighted by molar-refractivity contribution is 5.95. The summed E-state index contributed by atoms with van der Waals surface area (Å²) >= 11 is 0. The summed E-state index contributed by atoms with van der Waals surface area (Å²) < 4.78 is 5.30. The van der Waals surface area contributed by atoms with Gasteiger partial charge in [0.25, 0.3) is 5.91 Å². The molecule has 4 heteroatoms. The first-order valence-electron chi connectivity index (χ1n) is 6.76. The summed E-state index contributed by atoms with van der Waals surface area (Å²) in [5.74, 6) is 5.84. The van der Waals surface area contributed by atoms with Crippen LogP contribution in [-0.2, 0) is 4.74 Å². The van der Waals surface area contributed by atoms with Crippen molar-refractivity contribution >= 4 is 5.91 Å². The van der Waals surface area contributed by atoms with Crippen LogP contribution in [0, 0.1) is 18.8 Å². The third-order valence-corrected chi connectivity index (χ3v) is 3.42. The van der Waals surface area contributed by atoms with Crippen molar-refractivity contribution in [1.29, 1.82) is 0 Å². The fourth-order valence-corrected chi connectivity index (χ4v) is 2.42. The van der Waals surface area contributed by atoms with Crippen LogP contribution >= 0.6 is 0 Å². The number of likely N-dealkylation sites (tertiary alicyclic amines) is 1. The lowest BCUT2D eigenvalue weighted by Crippen LogP contribution is -2.30. The van der Waals surface area contributed by atoms with Crippen LogP contribution in [0.4, 0.5) is 0 Å². The molecular formula is C16H20N2O2. The van der Waals surface area contributed by atoms with Gasteiger partial charge in [0.2, 0.25) is 0 Å². The van der Waals surface area contributed by atoms with Gasteiger partial charge in [-0.15, -0.1) is 0 Å². The number of aryl methyl sites for hydroxylation is 1. The molecule has 1 saturated heterocycles. The van der Waals surface area contributed by atoms with E-state index in [2.05, 4.69) is 11.8 Å². The predicted octanol–water partition coefficient (Wildman–Crippen LogP) is 1.17. The number of benzene rings is 1. The summed E-state index contributed by atoms with van der Waals surface area (Å²) in [5.41, 5.74) is 7.93.